The maximum Gasteiger partial charge on any atom is 0.170 e. The average molecular weight is 338 g/mol. The number of benzene rings is 2. The van der Waals surface area contributed by atoms with E-state index in [0.717, 1.165) is 5.56 Å². The number of carbonyl (C=O) groups excluding carboxylic acids is 2. The van der Waals surface area contributed by atoms with Gasteiger partial charge in [-0.05, 0) is 37.3 Å². The van der Waals surface area contributed by atoms with Crippen molar-refractivity contribution >= 4 is 11.6 Å². The second-order valence-corrected chi connectivity index (χ2v) is 6.56. The highest BCUT2D eigenvalue weighted by Gasteiger charge is 2.17. The number of hydrogen-bond acceptors (Lipinski definition) is 3. The molecule has 2 aromatic carbocycles. The molecular weight excluding hydrogens is 312 g/mol. The minimum absolute atomic E-state index is 0.00398. The fourth-order valence-electron chi connectivity index (χ4n) is 3.20. The molecule has 0 aromatic heterocycles. The zero-order valence-corrected chi connectivity index (χ0v) is 14.8. The molecule has 0 heterocycles. The van der Waals surface area contributed by atoms with E-state index in [0.29, 0.717) is 17.2 Å². The van der Waals surface area contributed by atoms with Crippen LogP contribution in [-0.4, -0.2) is 16.7 Å². The van der Waals surface area contributed by atoms with E-state index in [2.05, 4.69) is 6.07 Å². The summed E-state index contributed by atoms with van der Waals surface area (Å²) in [6, 6.07) is 16.6. The number of rotatable bonds is 4. The number of hydrogen-bond donors (Lipinski definition) is 1. The third-order valence-corrected chi connectivity index (χ3v) is 4.49. The Hall–Kier alpha value is -2.42. The SMILES string of the molecule is CC(=O)CC(=O)c1ccccc1.Oc1ccccc1C1CCCCC1. The second-order valence-electron chi connectivity index (χ2n) is 6.56. The zero-order chi connectivity index (χ0) is 18.1. The summed E-state index contributed by atoms with van der Waals surface area (Å²) in [5.41, 5.74) is 1.76. The Morgan fingerprint density at radius 1 is 0.920 bits per heavy atom. The van der Waals surface area contributed by atoms with E-state index in [1.54, 1.807) is 30.3 Å². The predicted molar refractivity (Wildman–Crippen MR) is 100 cm³/mol. The molecule has 0 atom stereocenters. The van der Waals surface area contributed by atoms with E-state index < -0.39 is 0 Å². The van der Waals surface area contributed by atoms with Crippen molar-refractivity contribution in [3.8, 4) is 5.75 Å². The van der Waals surface area contributed by atoms with Crippen LogP contribution in [-0.2, 0) is 4.79 Å². The first-order valence-corrected chi connectivity index (χ1v) is 8.93. The van der Waals surface area contributed by atoms with Gasteiger partial charge in [0.05, 0.1) is 6.42 Å². The van der Waals surface area contributed by atoms with Crippen LogP contribution in [0.2, 0.25) is 0 Å². The van der Waals surface area contributed by atoms with Crippen molar-refractivity contribution in [2.24, 2.45) is 0 Å². The van der Waals surface area contributed by atoms with E-state index in [-0.39, 0.29) is 18.0 Å². The lowest BCUT2D eigenvalue weighted by atomic mass is 9.84. The van der Waals surface area contributed by atoms with Crippen LogP contribution in [0, 0.1) is 0 Å². The van der Waals surface area contributed by atoms with Gasteiger partial charge in [0.2, 0.25) is 0 Å². The molecular formula is C22H26O3. The molecule has 1 aliphatic rings. The number of phenols is 1. The van der Waals surface area contributed by atoms with Crippen LogP contribution in [0.25, 0.3) is 0 Å². The van der Waals surface area contributed by atoms with Crippen LogP contribution in [0.3, 0.4) is 0 Å². The Bertz CT molecular complexity index is 685. The molecule has 1 aliphatic carbocycles. The first-order chi connectivity index (χ1) is 12.1. The number of aromatic hydroxyl groups is 1. The monoisotopic (exact) mass is 338 g/mol. The lowest BCUT2D eigenvalue weighted by Gasteiger charge is -2.22. The number of Topliss-reactive ketones (excluding diaryl/α,β-unsaturated/α-hetero) is 2. The highest BCUT2D eigenvalue weighted by atomic mass is 16.3. The van der Waals surface area contributed by atoms with Gasteiger partial charge in [-0.15, -0.1) is 0 Å². The molecule has 0 radical (unpaired) electrons. The fourth-order valence-corrected chi connectivity index (χ4v) is 3.20. The molecule has 0 aliphatic heterocycles. The quantitative estimate of drug-likeness (QED) is 0.609. The van der Waals surface area contributed by atoms with Gasteiger partial charge in [0.25, 0.3) is 0 Å². The largest absolute Gasteiger partial charge is 0.508 e. The third-order valence-electron chi connectivity index (χ3n) is 4.49. The zero-order valence-electron chi connectivity index (χ0n) is 14.8. The highest BCUT2D eigenvalue weighted by Crippen LogP contribution is 2.36. The number of phenolic OH excluding ortho intramolecular Hbond substituents is 1. The van der Waals surface area contributed by atoms with Crippen LogP contribution in [0.5, 0.6) is 5.75 Å². The lowest BCUT2D eigenvalue weighted by Crippen LogP contribution is -2.04. The number of ketones is 2. The molecule has 1 N–H and O–H groups in total. The van der Waals surface area contributed by atoms with Crippen LogP contribution < -0.4 is 0 Å². The molecule has 1 saturated carbocycles. The Balaban J connectivity index is 0.000000181. The molecule has 3 heteroatoms. The summed E-state index contributed by atoms with van der Waals surface area (Å²) in [6.45, 7) is 1.42. The van der Waals surface area contributed by atoms with Crippen molar-refractivity contribution in [1.29, 1.82) is 0 Å². The van der Waals surface area contributed by atoms with Gasteiger partial charge in [0, 0.05) is 5.56 Å². The van der Waals surface area contributed by atoms with E-state index in [1.165, 1.54) is 39.0 Å². The number of carbonyl (C=O) groups is 2. The highest BCUT2D eigenvalue weighted by molar-refractivity contribution is 6.07. The predicted octanol–water partition coefficient (Wildman–Crippen LogP) is 5.29. The second kappa shape index (κ2) is 9.77. The van der Waals surface area contributed by atoms with Gasteiger partial charge in [-0.1, -0.05) is 67.8 Å². The summed E-state index contributed by atoms with van der Waals surface area (Å²) in [5, 5.41) is 9.66. The van der Waals surface area contributed by atoms with Crippen molar-refractivity contribution < 1.29 is 14.7 Å². The van der Waals surface area contributed by atoms with Crippen LogP contribution in [0.4, 0.5) is 0 Å². The van der Waals surface area contributed by atoms with Gasteiger partial charge in [0.15, 0.2) is 5.78 Å². The van der Waals surface area contributed by atoms with E-state index in [1.807, 2.05) is 18.2 Å². The first-order valence-electron chi connectivity index (χ1n) is 8.93. The topological polar surface area (TPSA) is 54.4 Å². The molecule has 1 fully saturated rings. The molecule has 0 unspecified atom stereocenters. The third kappa shape index (κ3) is 6.18. The van der Waals surface area contributed by atoms with Gasteiger partial charge >= 0.3 is 0 Å². The summed E-state index contributed by atoms with van der Waals surface area (Å²) in [7, 11) is 0. The summed E-state index contributed by atoms with van der Waals surface area (Å²) in [6.07, 6.45) is 6.50. The van der Waals surface area contributed by atoms with E-state index >= 15 is 0 Å². The minimum atomic E-state index is -0.108. The molecule has 132 valence electrons. The van der Waals surface area contributed by atoms with Gasteiger partial charge < -0.3 is 5.11 Å². The Labute approximate surface area is 149 Å². The molecule has 0 amide bonds. The molecule has 3 rings (SSSR count). The van der Waals surface area contributed by atoms with Crippen molar-refractivity contribution in [2.75, 3.05) is 0 Å². The summed E-state index contributed by atoms with van der Waals surface area (Å²) in [4.78, 5) is 21.8. The van der Waals surface area contributed by atoms with Gasteiger partial charge in [-0.25, -0.2) is 0 Å². The molecule has 0 bridgehead atoms. The van der Waals surface area contributed by atoms with Crippen molar-refractivity contribution in [3.63, 3.8) is 0 Å². The first kappa shape index (κ1) is 18.9. The minimum Gasteiger partial charge on any atom is -0.508 e. The fraction of sp³-hybridized carbons (Fsp3) is 0.364. The summed E-state index contributed by atoms with van der Waals surface area (Å²) >= 11 is 0. The smallest absolute Gasteiger partial charge is 0.170 e. The average Bonchev–Trinajstić information content (AvgIpc) is 2.64. The maximum atomic E-state index is 11.2. The molecule has 25 heavy (non-hydrogen) atoms. The normalized spacial score (nSPS) is 14.3. The molecule has 0 saturated heterocycles. The van der Waals surface area contributed by atoms with Gasteiger partial charge in [-0.3, -0.25) is 9.59 Å². The van der Waals surface area contributed by atoms with Crippen LogP contribution in [0.15, 0.2) is 54.6 Å². The molecule has 2 aromatic rings. The lowest BCUT2D eigenvalue weighted by molar-refractivity contribution is -0.116. The van der Waals surface area contributed by atoms with Crippen LogP contribution >= 0.6 is 0 Å². The van der Waals surface area contributed by atoms with Crippen molar-refractivity contribution in [2.45, 2.75) is 51.4 Å². The Kier molecular flexibility index (Phi) is 7.39. The molecule has 0 spiro atoms. The Morgan fingerprint density at radius 2 is 1.52 bits per heavy atom. The number of para-hydroxylation sites is 1. The van der Waals surface area contributed by atoms with Gasteiger partial charge in [-0.2, -0.15) is 0 Å². The van der Waals surface area contributed by atoms with Gasteiger partial charge in [0.1, 0.15) is 11.5 Å². The van der Waals surface area contributed by atoms with E-state index in [9.17, 15) is 14.7 Å². The molecule has 3 nitrogen and oxygen atoms in total. The van der Waals surface area contributed by atoms with Crippen molar-refractivity contribution in [3.05, 3.63) is 65.7 Å². The van der Waals surface area contributed by atoms with Crippen molar-refractivity contribution in [1.82, 2.24) is 0 Å². The summed E-state index contributed by atoms with van der Waals surface area (Å²) < 4.78 is 0. The van der Waals surface area contributed by atoms with Crippen LogP contribution in [0.1, 0.15) is 67.3 Å². The standard InChI is InChI=1S/C12H16O.C10H10O2/c13-12-9-5-4-8-11(12)10-6-2-1-3-7-10;1-8(11)7-10(12)9-5-3-2-4-6-9/h4-5,8-10,13H,1-3,6-7H2;2-6H,7H2,1H3. The van der Waals surface area contributed by atoms with E-state index in [4.69, 9.17) is 0 Å². The summed E-state index contributed by atoms with van der Waals surface area (Å²) in [5.74, 6) is 0.885. The maximum absolute atomic E-state index is 11.2. The Morgan fingerprint density at radius 3 is 2.12 bits per heavy atom.